The molecule has 0 aromatic heterocycles. The second-order valence-corrected chi connectivity index (χ2v) is 8.09. The van der Waals surface area contributed by atoms with Crippen molar-refractivity contribution in [1.29, 1.82) is 0 Å². The van der Waals surface area contributed by atoms with E-state index in [0.29, 0.717) is 26.7 Å². The number of aryl methyl sites for hydroxylation is 1. The molecule has 1 heterocycles. The van der Waals surface area contributed by atoms with E-state index in [1.165, 1.54) is 17.3 Å². The van der Waals surface area contributed by atoms with Crippen LogP contribution in [0.5, 0.6) is 0 Å². The first-order valence-corrected chi connectivity index (χ1v) is 10.4. The molecule has 3 rings (SSSR count). The standard InChI is InChI=1S/C21H20Cl2N2OS/c1-3-4-12-25-20(26)18(13-15-6-5-7-17(22)19(15)23)27-21(25)24-16-10-8-14(2)9-11-16/h5-11,13H,3-4,12H2,1-2H3/b18-13+,24-21?. The maximum atomic E-state index is 12.9. The normalized spacial score (nSPS) is 17.3. The third-order valence-electron chi connectivity index (χ3n) is 4.15. The molecule has 0 atom stereocenters. The number of carbonyl (C=O) groups is 1. The van der Waals surface area contributed by atoms with Crippen LogP contribution in [-0.4, -0.2) is 22.5 Å². The lowest BCUT2D eigenvalue weighted by atomic mass is 10.2. The number of nitrogens with zero attached hydrogens (tertiary/aromatic N) is 2. The lowest BCUT2D eigenvalue weighted by Gasteiger charge is -2.14. The Morgan fingerprint density at radius 3 is 2.59 bits per heavy atom. The van der Waals surface area contributed by atoms with E-state index >= 15 is 0 Å². The fourth-order valence-electron chi connectivity index (χ4n) is 2.61. The van der Waals surface area contributed by atoms with Gasteiger partial charge >= 0.3 is 0 Å². The quantitative estimate of drug-likeness (QED) is 0.505. The second-order valence-electron chi connectivity index (χ2n) is 6.29. The van der Waals surface area contributed by atoms with Crippen LogP contribution >= 0.6 is 35.0 Å². The van der Waals surface area contributed by atoms with E-state index in [2.05, 4.69) is 6.92 Å². The Labute approximate surface area is 174 Å². The van der Waals surface area contributed by atoms with Crippen LogP contribution in [0.4, 0.5) is 5.69 Å². The van der Waals surface area contributed by atoms with Crippen molar-refractivity contribution in [2.24, 2.45) is 4.99 Å². The smallest absolute Gasteiger partial charge is 0.266 e. The van der Waals surface area contributed by atoms with Crippen molar-refractivity contribution in [2.75, 3.05) is 6.54 Å². The van der Waals surface area contributed by atoms with Gasteiger partial charge in [0.1, 0.15) is 0 Å². The summed E-state index contributed by atoms with van der Waals surface area (Å²) in [7, 11) is 0. The van der Waals surface area contributed by atoms with Crippen LogP contribution in [0, 0.1) is 6.92 Å². The van der Waals surface area contributed by atoms with Crippen molar-refractivity contribution in [3.63, 3.8) is 0 Å². The summed E-state index contributed by atoms with van der Waals surface area (Å²) in [5.74, 6) is -0.0460. The van der Waals surface area contributed by atoms with Gasteiger partial charge < -0.3 is 0 Å². The first-order chi connectivity index (χ1) is 13.0. The van der Waals surface area contributed by atoms with E-state index < -0.39 is 0 Å². The highest BCUT2D eigenvalue weighted by molar-refractivity contribution is 8.18. The number of hydrogen-bond acceptors (Lipinski definition) is 3. The van der Waals surface area contributed by atoms with Crippen molar-refractivity contribution < 1.29 is 4.79 Å². The highest BCUT2D eigenvalue weighted by atomic mass is 35.5. The Kier molecular flexibility index (Phi) is 6.64. The van der Waals surface area contributed by atoms with Gasteiger partial charge in [-0.15, -0.1) is 0 Å². The zero-order valence-corrected chi connectivity index (χ0v) is 17.5. The maximum Gasteiger partial charge on any atom is 0.266 e. The van der Waals surface area contributed by atoms with Crippen molar-refractivity contribution >= 4 is 57.8 Å². The zero-order valence-electron chi connectivity index (χ0n) is 15.2. The molecule has 140 valence electrons. The minimum atomic E-state index is -0.0460. The summed E-state index contributed by atoms with van der Waals surface area (Å²) in [4.78, 5) is 20.0. The van der Waals surface area contributed by atoms with Gasteiger partial charge in [-0.05, 0) is 54.9 Å². The van der Waals surface area contributed by atoms with Gasteiger partial charge in [-0.1, -0.05) is 66.4 Å². The highest BCUT2D eigenvalue weighted by Crippen LogP contribution is 2.36. The summed E-state index contributed by atoms with van der Waals surface area (Å²) in [6, 6.07) is 13.3. The van der Waals surface area contributed by atoms with Crippen molar-refractivity contribution in [3.8, 4) is 0 Å². The Bertz CT molecular complexity index is 907. The fraction of sp³-hybridized carbons (Fsp3) is 0.238. The molecule has 0 bridgehead atoms. The highest BCUT2D eigenvalue weighted by Gasteiger charge is 2.33. The summed E-state index contributed by atoms with van der Waals surface area (Å²) in [5, 5.41) is 1.61. The first-order valence-electron chi connectivity index (χ1n) is 8.80. The Morgan fingerprint density at radius 2 is 1.89 bits per heavy atom. The molecule has 2 aromatic rings. The van der Waals surface area contributed by atoms with Gasteiger partial charge in [-0.2, -0.15) is 0 Å². The van der Waals surface area contributed by atoms with Crippen molar-refractivity contribution in [2.45, 2.75) is 26.7 Å². The monoisotopic (exact) mass is 418 g/mol. The number of halogens is 2. The second kappa shape index (κ2) is 8.96. The van der Waals surface area contributed by atoms with Gasteiger partial charge in [0.25, 0.3) is 5.91 Å². The van der Waals surface area contributed by atoms with Crippen LogP contribution in [0.3, 0.4) is 0 Å². The van der Waals surface area contributed by atoms with E-state index in [4.69, 9.17) is 28.2 Å². The summed E-state index contributed by atoms with van der Waals surface area (Å²) in [6.07, 6.45) is 3.72. The van der Waals surface area contributed by atoms with Crippen LogP contribution < -0.4 is 0 Å². The van der Waals surface area contributed by atoms with E-state index in [0.717, 1.165) is 24.1 Å². The molecule has 0 radical (unpaired) electrons. The van der Waals surface area contributed by atoms with Crippen LogP contribution in [0.1, 0.15) is 30.9 Å². The summed E-state index contributed by atoms with van der Waals surface area (Å²) >= 11 is 13.7. The number of thioether (sulfide) groups is 1. The van der Waals surface area contributed by atoms with Crippen LogP contribution in [0.15, 0.2) is 52.4 Å². The zero-order chi connectivity index (χ0) is 19.4. The number of amides is 1. The molecule has 0 N–H and O–H groups in total. The molecule has 1 amide bonds. The van der Waals surface area contributed by atoms with Gasteiger partial charge in [0.2, 0.25) is 0 Å². The maximum absolute atomic E-state index is 12.9. The number of aliphatic imine (C=N–C) groups is 1. The predicted octanol–water partition coefficient (Wildman–Crippen LogP) is 6.71. The van der Waals surface area contributed by atoms with E-state index in [1.807, 2.05) is 43.3 Å². The molecule has 1 aliphatic rings. The van der Waals surface area contributed by atoms with Gasteiger partial charge in [0.05, 0.1) is 20.6 Å². The molecule has 0 unspecified atom stereocenters. The predicted molar refractivity (Wildman–Crippen MR) is 117 cm³/mol. The summed E-state index contributed by atoms with van der Waals surface area (Å²) in [6.45, 7) is 4.79. The van der Waals surface area contributed by atoms with Crippen LogP contribution in [-0.2, 0) is 4.79 Å². The third kappa shape index (κ3) is 4.75. The number of carbonyl (C=O) groups excluding carboxylic acids is 1. The van der Waals surface area contributed by atoms with E-state index in [1.54, 1.807) is 17.0 Å². The van der Waals surface area contributed by atoms with Gasteiger partial charge in [-0.25, -0.2) is 4.99 Å². The third-order valence-corrected chi connectivity index (χ3v) is 5.99. The molecule has 1 saturated heterocycles. The van der Waals surface area contributed by atoms with Crippen molar-refractivity contribution in [3.05, 3.63) is 68.5 Å². The molecule has 0 spiro atoms. The number of unbranched alkanes of at least 4 members (excludes halogenated alkanes) is 1. The molecule has 1 aliphatic heterocycles. The molecule has 27 heavy (non-hydrogen) atoms. The largest absolute Gasteiger partial charge is 0.286 e. The van der Waals surface area contributed by atoms with Gasteiger partial charge in [-0.3, -0.25) is 9.69 Å². The Balaban J connectivity index is 1.96. The molecule has 0 saturated carbocycles. The van der Waals surface area contributed by atoms with Crippen LogP contribution in [0.25, 0.3) is 6.08 Å². The lowest BCUT2D eigenvalue weighted by molar-refractivity contribution is -0.122. The van der Waals surface area contributed by atoms with E-state index in [-0.39, 0.29) is 5.91 Å². The first kappa shape index (κ1) is 20.0. The lowest BCUT2D eigenvalue weighted by Crippen LogP contribution is -2.30. The topological polar surface area (TPSA) is 32.7 Å². The van der Waals surface area contributed by atoms with E-state index in [9.17, 15) is 4.79 Å². The molecule has 6 heteroatoms. The minimum Gasteiger partial charge on any atom is -0.286 e. The molecular formula is C21H20Cl2N2OS. The minimum absolute atomic E-state index is 0.0460. The average molecular weight is 419 g/mol. The summed E-state index contributed by atoms with van der Waals surface area (Å²) < 4.78 is 0. The fourth-order valence-corrected chi connectivity index (χ4v) is 3.99. The number of hydrogen-bond donors (Lipinski definition) is 0. The van der Waals surface area contributed by atoms with Gasteiger partial charge in [0.15, 0.2) is 5.17 Å². The Morgan fingerprint density at radius 1 is 1.15 bits per heavy atom. The molecular weight excluding hydrogens is 399 g/mol. The summed E-state index contributed by atoms with van der Waals surface area (Å²) in [5.41, 5.74) is 2.74. The number of benzene rings is 2. The molecule has 2 aromatic carbocycles. The molecule has 3 nitrogen and oxygen atoms in total. The Hall–Kier alpha value is -1.75. The van der Waals surface area contributed by atoms with Crippen LogP contribution in [0.2, 0.25) is 10.0 Å². The molecule has 1 fully saturated rings. The average Bonchev–Trinajstić information content (AvgIpc) is 2.94. The molecule has 0 aliphatic carbocycles. The SMILES string of the molecule is CCCCN1C(=O)/C(=C\c2cccc(Cl)c2Cl)SC1=Nc1ccc(C)cc1. The van der Waals surface area contributed by atoms with Gasteiger partial charge in [0, 0.05) is 6.54 Å². The number of amidine groups is 1. The van der Waals surface area contributed by atoms with Crippen molar-refractivity contribution in [1.82, 2.24) is 4.90 Å². The number of rotatable bonds is 5.